The number of carbonyl (C=O) groups is 1. The number of rotatable bonds is 3. The molecule has 1 aromatic heterocycles. The van der Waals surface area contributed by atoms with Gasteiger partial charge in [0.15, 0.2) is 6.10 Å². The van der Waals surface area contributed by atoms with E-state index in [4.69, 9.17) is 4.74 Å². The number of aromatic amines is 1. The molecule has 2 aromatic carbocycles. The van der Waals surface area contributed by atoms with Crippen molar-refractivity contribution >= 4 is 16.8 Å². The summed E-state index contributed by atoms with van der Waals surface area (Å²) in [6.45, 7) is 3.04. The Kier molecular flexibility index (Phi) is 3.84. The number of nitrogens with zero attached hydrogens (tertiary/aromatic N) is 1. The Morgan fingerprint density at radius 3 is 2.76 bits per heavy atom. The topological polar surface area (TPSA) is 65.6 Å². The monoisotopic (exact) mass is 336 g/mol. The molecule has 25 heavy (non-hydrogen) atoms. The number of phenols is 1. The number of hydrogen-bond acceptors (Lipinski definition) is 3. The Hall–Kier alpha value is -2.95. The van der Waals surface area contributed by atoms with E-state index in [0.29, 0.717) is 18.8 Å². The number of phenolic OH excluding ortho intramolecular Hbond substituents is 1. The minimum Gasteiger partial charge on any atom is -0.508 e. The first-order valence-corrected chi connectivity index (χ1v) is 8.45. The summed E-state index contributed by atoms with van der Waals surface area (Å²) in [5, 5.41) is 10.5. The summed E-state index contributed by atoms with van der Waals surface area (Å²) in [6, 6.07) is 14.6. The molecule has 5 nitrogen and oxygen atoms in total. The van der Waals surface area contributed by atoms with Crippen molar-refractivity contribution in [2.75, 3.05) is 6.54 Å². The van der Waals surface area contributed by atoms with Gasteiger partial charge in [-0.3, -0.25) is 4.79 Å². The van der Waals surface area contributed by atoms with E-state index in [1.807, 2.05) is 17.0 Å². The van der Waals surface area contributed by atoms with Gasteiger partial charge in [-0.15, -0.1) is 0 Å². The van der Waals surface area contributed by atoms with Gasteiger partial charge in [0.2, 0.25) is 0 Å². The fourth-order valence-electron chi connectivity index (χ4n) is 3.39. The number of aromatic nitrogens is 1. The van der Waals surface area contributed by atoms with Crippen molar-refractivity contribution in [1.29, 1.82) is 0 Å². The molecule has 0 saturated heterocycles. The lowest BCUT2D eigenvalue weighted by molar-refractivity contribution is -0.138. The summed E-state index contributed by atoms with van der Waals surface area (Å²) >= 11 is 0. The van der Waals surface area contributed by atoms with E-state index in [1.165, 1.54) is 16.6 Å². The second-order valence-electron chi connectivity index (χ2n) is 6.39. The molecule has 4 rings (SSSR count). The van der Waals surface area contributed by atoms with E-state index in [-0.39, 0.29) is 11.7 Å². The predicted octanol–water partition coefficient (Wildman–Crippen LogP) is 3.23. The van der Waals surface area contributed by atoms with E-state index >= 15 is 0 Å². The van der Waals surface area contributed by atoms with Crippen LogP contribution in [-0.4, -0.2) is 33.5 Å². The highest BCUT2D eigenvalue weighted by molar-refractivity contribution is 5.86. The summed E-state index contributed by atoms with van der Waals surface area (Å²) in [5.74, 6) is 0.724. The minimum atomic E-state index is -0.573. The van der Waals surface area contributed by atoms with Gasteiger partial charge in [-0.2, -0.15) is 0 Å². The van der Waals surface area contributed by atoms with Gasteiger partial charge < -0.3 is 19.7 Å². The van der Waals surface area contributed by atoms with E-state index < -0.39 is 6.10 Å². The number of H-pyrrole nitrogens is 1. The molecule has 0 fully saturated rings. The number of para-hydroxylation sites is 1. The smallest absolute Gasteiger partial charge is 0.263 e. The van der Waals surface area contributed by atoms with Crippen LogP contribution in [0, 0.1) is 0 Å². The van der Waals surface area contributed by atoms with Crippen LogP contribution in [-0.2, 0) is 17.8 Å². The van der Waals surface area contributed by atoms with Gasteiger partial charge in [0.05, 0.1) is 0 Å². The first-order valence-electron chi connectivity index (χ1n) is 8.45. The number of ether oxygens (including phenoxy) is 1. The van der Waals surface area contributed by atoms with Crippen molar-refractivity contribution in [3.63, 3.8) is 0 Å². The third-order valence-electron chi connectivity index (χ3n) is 4.69. The van der Waals surface area contributed by atoms with Gasteiger partial charge in [-0.05, 0) is 37.3 Å². The average molecular weight is 336 g/mol. The molecule has 3 aromatic rings. The van der Waals surface area contributed by atoms with Crippen LogP contribution in [0.15, 0.2) is 48.5 Å². The third kappa shape index (κ3) is 2.93. The Morgan fingerprint density at radius 1 is 1.20 bits per heavy atom. The van der Waals surface area contributed by atoms with Crippen molar-refractivity contribution in [3.05, 3.63) is 59.8 Å². The number of fused-ring (bicyclic) bond motifs is 3. The Labute approximate surface area is 145 Å². The zero-order valence-electron chi connectivity index (χ0n) is 14.0. The molecule has 0 spiro atoms. The third-order valence-corrected chi connectivity index (χ3v) is 4.69. The largest absolute Gasteiger partial charge is 0.508 e. The lowest BCUT2D eigenvalue weighted by Crippen LogP contribution is -2.43. The zero-order valence-corrected chi connectivity index (χ0v) is 14.0. The van der Waals surface area contributed by atoms with Crippen molar-refractivity contribution in [2.45, 2.75) is 26.0 Å². The van der Waals surface area contributed by atoms with Gasteiger partial charge in [0.1, 0.15) is 11.5 Å². The number of hydrogen-bond donors (Lipinski definition) is 2. The second kappa shape index (κ2) is 6.16. The molecule has 2 N–H and O–H groups in total. The van der Waals surface area contributed by atoms with Crippen LogP contribution in [0.4, 0.5) is 0 Å². The van der Waals surface area contributed by atoms with Crippen LogP contribution in [0.3, 0.4) is 0 Å². The van der Waals surface area contributed by atoms with E-state index in [1.54, 1.807) is 31.2 Å². The predicted molar refractivity (Wildman–Crippen MR) is 95.6 cm³/mol. The molecule has 1 aliphatic rings. The Bertz CT molecular complexity index is 914. The maximum Gasteiger partial charge on any atom is 0.263 e. The maximum atomic E-state index is 12.8. The summed E-state index contributed by atoms with van der Waals surface area (Å²) < 4.78 is 5.73. The molecule has 1 atom stereocenters. The lowest BCUT2D eigenvalue weighted by Gasteiger charge is -2.29. The van der Waals surface area contributed by atoms with Crippen molar-refractivity contribution < 1.29 is 14.6 Å². The molecule has 1 unspecified atom stereocenters. The number of amides is 1. The number of benzene rings is 2. The van der Waals surface area contributed by atoms with E-state index in [2.05, 4.69) is 17.1 Å². The number of carbonyl (C=O) groups excluding carboxylic acids is 1. The van der Waals surface area contributed by atoms with Gasteiger partial charge >= 0.3 is 0 Å². The van der Waals surface area contributed by atoms with Crippen molar-refractivity contribution in [1.82, 2.24) is 9.88 Å². The average Bonchev–Trinajstić information content (AvgIpc) is 3.01. The zero-order chi connectivity index (χ0) is 17.4. The summed E-state index contributed by atoms with van der Waals surface area (Å²) in [5.41, 5.74) is 3.54. The first-order chi connectivity index (χ1) is 12.1. The van der Waals surface area contributed by atoms with E-state index in [9.17, 15) is 9.90 Å². The molecular weight excluding hydrogens is 316 g/mol. The summed E-state index contributed by atoms with van der Waals surface area (Å²) in [4.78, 5) is 18.1. The van der Waals surface area contributed by atoms with Crippen LogP contribution in [0.25, 0.3) is 10.9 Å². The van der Waals surface area contributed by atoms with Gasteiger partial charge in [-0.1, -0.05) is 18.2 Å². The van der Waals surface area contributed by atoms with Crippen LogP contribution in [0.5, 0.6) is 11.5 Å². The number of aromatic hydroxyl groups is 1. The van der Waals surface area contributed by atoms with Crippen LogP contribution < -0.4 is 4.74 Å². The molecule has 2 heterocycles. The van der Waals surface area contributed by atoms with Crippen LogP contribution in [0.1, 0.15) is 18.2 Å². The molecular formula is C20H20N2O3. The molecule has 0 bridgehead atoms. The highest BCUT2D eigenvalue weighted by Gasteiger charge is 2.27. The standard InChI is InChI=1S/C20H20N2O3/c1-13(25-15-8-6-14(23)7-9-15)20(24)22-11-10-19-17(12-22)16-4-2-3-5-18(16)21-19/h2-9,13,21,23H,10-12H2,1H3. The number of nitrogens with one attached hydrogen (secondary N) is 1. The minimum absolute atomic E-state index is 0.0241. The maximum absolute atomic E-state index is 12.8. The Morgan fingerprint density at radius 2 is 1.96 bits per heavy atom. The molecule has 1 amide bonds. The van der Waals surface area contributed by atoms with Crippen LogP contribution in [0.2, 0.25) is 0 Å². The normalized spacial score (nSPS) is 15.0. The molecule has 0 radical (unpaired) electrons. The summed E-state index contributed by atoms with van der Waals surface area (Å²) in [7, 11) is 0. The molecule has 128 valence electrons. The van der Waals surface area contributed by atoms with Crippen molar-refractivity contribution in [2.24, 2.45) is 0 Å². The Balaban J connectivity index is 1.50. The highest BCUT2D eigenvalue weighted by Crippen LogP contribution is 2.28. The quantitative estimate of drug-likeness (QED) is 0.772. The molecule has 1 aliphatic heterocycles. The molecule has 0 saturated carbocycles. The molecule has 5 heteroatoms. The summed E-state index contributed by atoms with van der Waals surface area (Å²) in [6.07, 6.45) is 0.248. The second-order valence-corrected chi connectivity index (χ2v) is 6.39. The van der Waals surface area contributed by atoms with Gasteiger partial charge in [-0.25, -0.2) is 0 Å². The lowest BCUT2D eigenvalue weighted by atomic mass is 10.0. The van der Waals surface area contributed by atoms with E-state index in [0.717, 1.165) is 11.9 Å². The highest BCUT2D eigenvalue weighted by atomic mass is 16.5. The van der Waals surface area contributed by atoms with Gasteiger partial charge in [0.25, 0.3) is 5.91 Å². The fraction of sp³-hybridized carbons (Fsp3) is 0.250. The molecule has 0 aliphatic carbocycles. The first kappa shape index (κ1) is 15.6. The van der Waals surface area contributed by atoms with Crippen molar-refractivity contribution in [3.8, 4) is 11.5 Å². The van der Waals surface area contributed by atoms with Crippen LogP contribution >= 0.6 is 0 Å². The SMILES string of the molecule is CC(Oc1ccc(O)cc1)C(=O)N1CCc2[nH]c3ccccc3c2C1. The van der Waals surface area contributed by atoms with Gasteiger partial charge in [0, 0.05) is 41.7 Å². The fourth-order valence-corrected chi connectivity index (χ4v) is 3.39.